The predicted molar refractivity (Wildman–Crippen MR) is 96.3 cm³/mol. The third-order valence-corrected chi connectivity index (χ3v) is 5.76. The number of nitrogens with two attached hydrogens (primary N) is 1. The molecule has 0 bridgehead atoms. The van der Waals surface area contributed by atoms with Gasteiger partial charge in [-0.2, -0.15) is 0 Å². The Hall–Kier alpha value is -2.64. The molecule has 4 rings (SSSR count). The normalized spacial score (nSPS) is 19.5. The molecule has 0 radical (unpaired) electrons. The number of hydrogen-bond donors (Lipinski definition) is 1. The maximum Gasteiger partial charge on any atom is 0.223 e. The first-order valence-electron chi connectivity index (χ1n) is 8.98. The van der Waals surface area contributed by atoms with E-state index in [1.54, 1.807) is 0 Å². The number of amides is 1. The summed E-state index contributed by atoms with van der Waals surface area (Å²) in [5, 5.41) is 4.00. The molecule has 138 valence electrons. The lowest BCUT2D eigenvalue weighted by atomic mass is 9.77. The van der Waals surface area contributed by atoms with Gasteiger partial charge in [0.05, 0.1) is 12.2 Å². The second-order valence-electron chi connectivity index (χ2n) is 7.52. The Morgan fingerprint density at radius 2 is 2.04 bits per heavy atom. The molecule has 1 amide bonds. The second kappa shape index (κ2) is 6.26. The highest BCUT2D eigenvalue weighted by Gasteiger charge is 2.45. The first-order chi connectivity index (χ1) is 12.5. The molecule has 4 heterocycles. The minimum Gasteiger partial charge on any atom is -0.384 e. The standard InChI is InChI=1S/C18H24N6O2/c1-12-14(13(2)26-22-12)9-24-10-18(8-17(24)25)3-5-23(6-4-18)16-7-15(19)20-11-21-16/h7,11H,3-6,8-10H2,1-2H3,(H2,19,20,21). The monoisotopic (exact) mass is 356 g/mol. The highest BCUT2D eigenvalue weighted by atomic mass is 16.5. The highest BCUT2D eigenvalue weighted by Crippen LogP contribution is 2.42. The number of nitrogen functional groups attached to an aromatic ring is 1. The van der Waals surface area contributed by atoms with Crippen molar-refractivity contribution in [3.05, 3.63) is 29.4 Å². The van der Waals surface area contributed by atoms with Crippen LogP contribution in [0.5, 0.6) is 0 Å². The van der Waals surface area contributed by atoms with Crippen LogP contribution in [-0.2, 0) is 11.3 Å². The van der Waals surface area contributed by atoms with Gasteiger partial charge in [0.15, 0.2) is 0 Å². The SMILES string of the molecule is Cc1noc(C)c1CN1CC2(CCN(c3cc(N)ncn3)CC2)CC1=O. The van der Waals surface area contributed by atoms with Crippen LogP contribution >= 0.6 is 0 Å². The van der Waals surface area contributed by atoms with Crippen molar-refractivity contribution in [3.8, 4) is 0 Å². The average Bonchev–Trinajstić information content (AvgIpc) is 3.09. The van der Waals surface area contributed by atoms with Gasteiger partial charge in [0.2, 0.25) is 5.91 Å². The summed E-state index contributed by atoms with van der Waals surface area (Å²) in [4.78, 5) is 25.1. The number of anilines is 2. The van der Waals surface area contributed by atoms with Crippen LogP contribution in [0.15, 0.2) is 16.9 Å². The Morgan fingerprint density at radius 3 is 2.69 bits per heavy atom. The minimum absolute atomic E-state index is 0.0606. The van der Waals surface area contributed by atoms with Crippen molar-refractivity contribution in [3.63, 3.8) is 0 Å². The quantitative estimate of drug-likeness (QED) is 0.893. The molecule has 2 saturated heterocycles. The van der Waals surface area contributed by atoms with E-state index in [4.69, 9.17) is 10.3 Å². The molecule has 2 fully saturated rings. The maximum atomic E-state index is 12.6. The molecule has 8 nitrogen and oxygen atoms in total. The van der Waals surface area contributed by atoms with Crippen LogP contribution in [0.2, 0.25) is 0 Å². The van der Waals surface area contributed by atoms with Gasteiger partial charge in [0.1, 0.15) is 23.7 Å². The van der Waals surface area contributed by atoms with Crippen molar-refractivity contribution in [2.24, 2.45) is 5.41 Å². The fourth-order valence-corrected chi connectivity index (χ4v) is 4.12. The van der Waals surface area contributed by atoms with Crippen LogP contribution in [0.25, 0.3) is 0 Å². The summed E-state index contributed by atoms with van der Waals surface area (Å²) < 4.78 is 5.23. The first kappa shape index (κ1) is 16.8. The summed E-state index contributed by atoms with van der Waals surface area (Å²) in [6.45, 7) is 6.97. The van der Waals surface area contributed by atoms with Gasteiger partial charge in [-0.05, 0) is 26.7 Å². The Kier molecular flexibility index (Phi) is 4.05. The minimum atomic E-state index is 0.0606. The van der Waals surface area contributed by atoms with Crippen molar-refractivity contribution in [2.45, 2.75) is 39.7 Å². The maximum absolute atomic E-state index is 12.6. The smallest absolute Gasteiger partial charge is 0.223 e. The van der Waals surface area contributed by atoms with Gasteiger partial charge in [0, 0.05) is 43.1 Å². The summed E-state index contributed by atoms with van der Waals surface area (Å²) >= 11 is 0. The number of carbonyl (C=O) groups is 1. The number of hydrogen-bond acceptors (Lipinski definition) is 7. The zero-order valence-electron chi connectivity index (χ0n) is 15.2. The molecule has 2 aliphatic heterocycles. The van der Waals surface area contributed by atoms with Crippen molar-refractivity contribution in [1.82, 2.24) is 20.0 Å². The molecule has 0 saturated carbocycles. The fourth-order valence-electron chi connectivity index (χ4n) is 4.12. The largest absolute Gasteiger partial charge is 0.384 e. The van der Waals surface area contributed by atoms with E-state index in [-0.39, 0.29) is 11.3 Å². The number of carbonyl (C=O) groups excluding carboxylic acids is 1. The van der Waals surface area contributed by atoms with E-state index >= 15 is 0 Å². The Balaban J connectivity index is 1.42. The van der Waals surface area contributed by atoms with E-state index in [1.165, 1.54) is 6.33 Å². The van der Waals surface area contributed by atoms with Crippen LogP contribution in [0.3, 0.4) is 0 Å². The fraction of sp³-hybridized carbons (Fsp3) is 0.556. The van der Waals surface area contributed by atoms with Gasteiger partial charge >= 0.3 is 0 Å². The van der Waals surface area contributed by atoms with E-state index in [1.807, 2.05) is 24.8 Å². The molecule has 26 heavy (non-hydrogen) atoms. The third-order valence-electron chi connectivity index (χ3n) is 5.76. The number of likely N-dealkylation sites (tertiary alicyclic amines) is 1. The van der Waals surface area contributed by atoms with E-state index in [9.17, 15) is 4.79 Å². The predicted octanol–water partition coefficient (Wildman–Crippen LogP) is 1.68. The zero-order valence-corrected chi connectivity index (χ0v) is 15.2. The van der Waals surface area contributed by atoms with Crippen LogP contribution in [-0.4, -0.2) is 45.6 Å². The van der Waals surface area contributed by atoms with Gasteiger partial charge in [-0.1, -0.05) is 5.16 Å². The number of nitrogens with zero attached hydrogens (tertiary/aromatic N) is 5. The summed E-state index contributed by atoms with van der Waals surface area (Å²) in [5.41, 5.74) is 7.72. The summed E-state index contributed by atoms with van der Waals surface area (Å²) in [6.07, 6.45) is 4.07. The number of aromatic nitrogens is 3. The molecule has 2 aromatic rings. The van der Waals surface area contributed by atoms with Crippen LogP contribution < -0.4 is 10.6 Å². The van der Waals surface area contributed by atoms with Gasteiger partial charge in [-0.15, -0.1) is 0 Å². The average molecular weight is 356 g/mol. The van der Waals surface area contributed by atoms with Crippen LogP contribution in [0.4, 0.5) is 11.6 Å². The molecular formula is C18H24N6O2. The van der Waals surface area contributed by atoms with Crippen molar-refractivity contribution >= 4 is 17.5 Å². The Bertz CT molecular complexity index is 805. The van der Waals surface area contributed by atoms with Crippen LogP contribution in [0.1, 0.15) is 36.3 Å². The van der Waals surface area contributed by atoms with Crippen molar-refractivity contribution in [2.75, 3.05) is 30.3 Å². The number of aryl methyl sites for hydroxylation is 2. The Morgan fingerprint density at radius 1 is 1.27 bits per heavy atom. The molecular weight excluding hydrogens is 332 g/mol. The molecule has 2 N–H and O–H groups in total. The van der Waals surface area contributed by atoms with Gasteiger partial charge in [0.25, 0.3) is 0 Å². The first-order valence-corrected chi connectivity index (χ1v) is 8.98. The van der Waals surface area contributed by atoms with Crippen LogP contribution in [0, 0.1) is 19.3 Å². The molecule has 2 aliphatic rings. The van der Waals surface area contributed by atoms with E-state index in [2.05, 4.69) is 20.0 Å². The summed E-state index contributed by atoms with van der Waals surface area (Å²) in [7, 11) is 0. The van der Waals surface area contributed by atoms with Crippen molar-refractivity contribution in [1.29, 1.82) is 0 Å². The number of rotatable bonds is 3. The summed E-state index contributed by atoms with van der Waals surface area (Å²) in [6, 6.07) is 1.81. The lowest BCUT2D eigenvalue weighted by Gasteiger charge is -2.39. The topological polar surface area (TPSA) is 101 Å². The molecule has 0 aliphatic carbocycles. The molecule has 0 atom stereocenters. The summed E-state index contributed by atoms with van der Waals surface area (Å²) in [5.74, 6) is 2.37. The second-order valence-corrected chi connectivity index (χ2v) is 7.52. The molecule has 0 aromatic carbocycles. The molecule has 2 aromatic heterocycles. The Labute approximate surface area is 152 Å². The third kappa shape index (κ3) is 3.00. The van der Waals surface area contributed by atoms with Gasteiger partial charge < -0.3 is 20.1 Å². The van der Waals surface area contributed by atoms with Gasteiger partial charge in [-0.25, -0.2) is 9.97 Å². The number of piperidine rings is 1. The van der Waals surface area contributed by atoms with E-state index in [0.29, 0.717) is 18.8 Å². The zero-order chi connectivity index (χ0) is 18.3. The lowest BCUT2D eigenvalue weighted by Crippen LogP contribution is -2.42. The highest BCUT2D eigenvalue weighted by molar-refractivity contribution is 5.79. The molecule has 8 heteroatoms. The van der Waals surface area contributed by atoms with Gasteiger partial charge in [-0.3, -0.25) is 4.79 Å². The van der Waals surface area contributed by atoms with Crippen molar-refractivity contribution < 1.29 is 9.32 Å². The molecule has 1 spiro atoms. The lowest BCUT2D eigenvalue weighted by molar-refractivity contribution is -0.128. The van der Waals surface area contributed by atoms with E-state index < -0.39 is 0 Å². The molecule has 0 unspecified atom stereocenters. The van der Waals surface area contributed by atoms with E-state index in [0.717, 1.165) is 55.3 Å².